The highest BCUT2D eigenvalue weighted by Crippen LogP contribution is 2.63. The third kappa shape index (κ3) is 2.07. The highest BCUT2D eigenvalue weighted by atomic mass is 16.1. The van der Waals surface area contributed by atoms with Gasteiger partial charge in [-0.15, -0.1) is 0 Å². The van der Waals surface area contributed by atoms with E-state index in [2.05, 4.69) is 27.7 Å². The summed E-state index contributed by atoms with van der Waals surface area (Å²) < 4.78 is 0. The number of ketones is 1. The van der Waals surface area contributed by atoms with Crippen LogP contribution in [0.2, 0.25) is 0 Å². The Labute approximate surface area is 124 Å². The van der Waals surface area contributed by atoms with Gasteiger partial charge in [0.1, 0.15) is 5.78 Å². The van der Waals surface area contributed by atoms with Crippen LogP contribution in [0.3, 0.4) is 0 Å². The summed E-state index contributed by atoms with van der Waals surface area (Å²) in [7, 11) is 0. The van der Waals surface area contributed by atoms with Crippen LogP contribution in [-0.2, 0) is 4.79 Å². The number of rotatable bonds is 5. The summed E-state index contributed by atoms with van der Waals surface area (Å²) in [6, 6.07) is 0. The molecule has 0 atom stereocenters. The molecule has 0 aliphatic heterocycles. The molecule has 20 heavy (non-hydrogen) atoms. The van der Waals surface area contributed by atoms with Crippen molar-refractivity contribution in [1.82, 2.24) is 0 Å². The lowest BCUT2D eigenvalue weighted by atomic mass is 9.44. The van der Waals surface area contributed by atoms with Crippen LogP contribution in [0.1, 0.15) is 79.1 Å². The van der Waals surface area contributed by atoms with Crippen LogP contribution in [0.5, 0.6) is 0 Å². The van der Waals surface area contributed by atoms with E-state index in [1.165, 1.54) is 32.1 Å². The molecular weight excluding hydrogens is 244 g/mol. The fourth-order valence-electron chi connectivity index (χ4n) is 5.75. The maximum atomic E-state index is 12.9. The second-order valence-electron chi connectivity index (χ2n) is 8.68. The molecule has 1 nitrogen and oxygen atoms in total. The summed E-state index contributed by atoms with van der Waals surface area (Å²) in [6.45, 7) is 9.01. The van der Waals surface area contributed by atoms with E-state index >= 15 is 0 Å². The molecule has 0 aromatic heterocycles. The Kier molecular flexibility index (Phi) is 3.54. The average Bonchev–Trinajstić information content (AvgIpc) is 2.43. The molecule has 0 radical (unpaired) electrons. The van der Waals surface area contributed by atoms with Gasteiger partial charge in [0.25, 0.3) is 0 Å². The van der Waals surface area contributed by atoms with Crippen molar-refractivity contribution in [3.05, 3.63) is 0 Å². The number of hydrogen-bond donors (Lipinski definition) is 0. The maximum absolute atomic E-state index is 12.9. The molecule has 0 saturated heterocycles. The zero-order valence-corrected chi connectivity index (χ0v) is 13.9. The molecule has 0 unspecified atom stereocenters. The number of carbonyl (C=O) groups excluding carboxylic acids is 1. The minimum atomic E-state index is -0.0718. The summed E-state index contributed by atoms with van der Waals surface area (Å²) in [6.07, 6.45) is 10.0. The van der Waals surface area contributed by atoms with Crippen molar-refractivity contribution in [3.8, 4) is 0 Å². The molecule has 1 heteroatoms. The molecule has 0 aromatic carbocycles. The molecule has 4 aliphatic rings. The van der Waals surface area contributed by atoms with Gasteiger partial charge in [0.15, 0.2) is 0 Å². The van der Waals surface area contributed by atoms with Crippen molar-refractivity contribution in [2.24, 2.45) is 34.5 Å². The van der Waals surface area contributed by atoms with Gasteiger partial charge in [-0.25, -0.2) is 0 Å². The maximum Gasteiger partial charge on any atom is 0.139 e. The first-order chi connectivity index (χ1) is 9.41. The van der Waals surface area contributed by atoms with Crippen LogP contribution >= 0.6 is 0 Å². The van der Waals surface area contributed by atoms with E-state index < -0.39 is 0 Å². The van der Waals surface area contributed by atoms with Crippen LogP contribution in [0.4, 0.5) is 0 Å². The zero-order valence-electron chi connectivity index (χ0n) is 13.9. The van der Waals surface area contributed by atoms with Crippen molar-refractivity contribution < 1.29 is 4.79 Å². The van der Waals surface area contributed by atoms with Gasteiger partial charge in [0.05, 0.1) is 0 Å². The minimum absolute atomic E-state index is 0.0718. The smallest absolute Gasteiger partial charge is 0.139 e. The van der Waals surface area contributed by atoms with Crippen molar-refractivity contribution >= 4 is 5.78 Å². The van der Waals surface area contributed by atoms with E-state index in [1.54, 1.807) is 0 Å². The zero-order chi connectivity index (χ0) is 14.5. The number of carbonyl (C=O) groups is 1. The van der Waals surface area contributed by atoms with E-state index in [1.807, 2.05) is 0 Å². The van der Waals surface area contributed by atoms with E-state index in [0.29, 0.717) is 11.2 Å². The molecular formula is C19H32O. The Morgan fingerprint density at radius 1 is 1.00 bits per heavy atom. The van der Waals surface area contributed by atoms with E-state index in [9.17, 15) is 4.79 Å². The fraction of sp³-hybridized carbons (Fsp3) is 0.947. The Bertz CT molecular complexity index is 363. The normalized spacial score (nSPS) is 43.0. The Morgan fingerprint density at radius 3 is 1.85 bits per heavy atom. The molecule has 4 saturated carbocycles. The standard InChI is InChI=1S/C19H32O/c1-5-18(3,6-2)17(20)12-19(4)15-8-13-7-14(10-15)11-16(19)9-13/h13-16H,5-12H2,1-4H3. The van der Waals surface area contributed by atoms with Gasteiger partial charge in [-0.1, -0.05) is 27.7 Å². The van der Waals surface area contributed by atoms with E-state index in [-0.39, 0.29) is 5.41 Å². The third-order valence-electron chi connectivity index (χ3n) is 7.78. The van der Waals surface area contributed by atoms with Gasteiger partial charge >= 0.3 is 0 Å². The quantitative estimate of drug-likeness (QED) is 0.671. The van der Waals surface area contributed by atoms with Crippen LogP contribution in [-0.4, -0.2) is 5.78 Å². The molecule has 4 aliphatic carbocycles. The van der Waals surface area contributed by atoms with Crippen molar-refractivity contribution in [3.63, 3.8) is 0 Å². The lowest BCUT2D eigenvalue weighted by Gasteiger charge is -2.60. The first-order valence-corrected chi connectivity index (χ1v) is 8.94. The summed E-state index contributed by atoms with van der Waals surface area (Å²) in [5, 5.41) is 0. The molecule has 114 valence electrons. The summed E-state index contributed by atoms with van der Waals surface area (Å²) in [5.74, 6) is 4.26. The summed E-state index contributed by atoms with van der Waals surface area (Å²) in [4.78, 5) is 12.9. The Hall–Kier alpha value is -0.330. The molecule has 0 aromatic rings. The predicted molar refractivity (Wildman–Crippen MR) is 83.5 cm³/mol. The topological polar surface area (TPSA) is 17.1 Å². The summed E-state index contributed by atoms with van der Waals surface area (Å²) >= 11 is 0. The lowest BCUT2D eigenvalue weighted by molar-refractivity contribution is -0.143. The van der Waals surface area contributed by atoms with Gasteiger partial charge in [0.2, 0.25) is 0 Å². The predicted octanol–water partition coefficient (Wildman–Crippen LogP) is 5.23. The third-order valence-corrected chi connectivity index (χ3v) is 7.78. The largest absolute Gasteiger partial charge is 0.299 e. The molecule has 0 N–H and O–H groups in total. The van der Waals surface area contributed by atoms with E-state index in [0.717, 1.165) is 42.9 Å². The molecule has 4 bridgehead atoms. The molecule has 0 spiro atoms. The molecule has 0 heterocycles. The van der Waals surface area contributed by atoms with Gasteiger partial charge in [0, 0.05) is 11.8 Å². The van der Waals surface area contributed by atoms with E-state index in [4.69, 9.17) is 0 Å². The van der Waals surface area contributed by atoms with Gasteiger partial charge in [-0.2, -0.15) is 0 Å². The molecule has 4 fully saturated rings. The Balaban J connectivity index is 1.78. The van der Waals surface area contributed by atoms with Crippen LogP contribution in [0.15, 0.2) is 0 Å². The van der Waals surface area contributed by atoms with Crippen molar-refractivity contribution in [2.75, 3.05) is 0 Å². The minimum Gasteiger partial charge on any atom is -0.299 e. The second-order valence-corrected chi connectivity index (χ2v) is 8.68. The monoisotopic (exact) mass is 276 g/mol. The highest BCUT2D eigenvalue weighted by molar-refractivity contribution is 5.85. The Morgan fingerprint density at radius 2 is 1.45 bits per heavy atom. The number of Topliss-reactive ketones (excluding diaryl/α,β-unsaturated/α-hetero) is 1. The summed E-state index contributed by atoms with van der Waals surface area (Å²) in [5.41, 5.74) is 0.258. The highest BCUT2D eigenvalue weighted by Gasteiger charge is 2.55. The van der Waals surface area contributed by atoms with Gasteiger partial charge in [-0.05, 0) is 74.0 Å². The fourth-order valence-corrected chi connectivity index (χ4v) is 5.75. The molecule has 4 rings (SSSR count). The van der Waals surface area contributed by atoms with Gasteiger partial charge in [-0.3, -0.25) is 4.79 Å². The molecule has 0 amide bonds. The van der Waals surface area contributed by atoms with Crippen molar-refractivity contribution in [2.45, 2.75) is 79.1 Å². The van der Waals surface area contributed by atoms with Crippen molar-refractivity contribution in [1.29, 1.82) is 0 Å². The number of hydrogen-bond acceptors (Lipinski definition) is 1. The van der Waals surface area contributed by atoms with Crippen LogP contribution in [0, 0.1) is 34.5 Å². The SMILES string of the molecule is CCC(C)(CC)C(=O)CC1(C)C2CC3CC(C2)CC1C3. The first kappa shape index (κ1) is 14.6. The average molecular weight is 276 g/mol. The lowest BCUT2D eigenvalue weighted by Crippen LogP contribution is -2.53. The van der Waals surface area contributed by atoms with Crippen LogP contribution in [0.25, 0.3) is 0 Å². The second kappa shape index (κ2) is 4.85. The first-order valence-electron chi connectivity index (χ1n) is 8.94. The van der Waals surface area contributed by atoms with Crippen LogP contribution < -0.4 is 0 Å². The van der Waals surface area contributed by atoms with Gasteiger partial charge < -0.3 is 0 Å².